The second-order valence-electron chi connectivity index (χ2n) is 6.02. The SMILES string of the molecule is Cc1cc(C)cc(C(NC(=O)c2ccc(CNS(C)(=O)=O)o2)C(=O)O)c1. The third-order valence-corrected chi connectivity index (χ3v) is 4.16. The van der Waals surface area contributed by atoms with Crippen molar-refractivity contribution in [2.45, 2.75) is 26.4 Å². The van der Waals surface area contributed by atoms with Crippen molar-refractivity contribution in [2.75, 3.05) is 6.26 Å². The molecule has 140 valence electrons. The number of carbonyl (C=O) groups is 2. The summed E-state index contributed by atoms with van der Waals surface area (Å²) in [7, 11) is -3.40. The number of carbonyl (C=O) groups excluding carboxylic acids is 1. The van der Waals surface area contributed by atoms with Crippen LogP contribution in [0.15, 0.2) is 34.7 Å². The molecular weight excluding hydrogens is 360 g/mol. The first-order valence-corrected chi connectivity index (χ1v) is 9.59. The summed E-state index contributed by atoms with van der Waals surface area (Å²) in [6.07, 6.45) is 1.00. The van der Waals surface area contributed by atoms with Gasteiger partial charge in [-0.05, 0) is 31.5 Å². The normalized spacial score (nSPS) is 12.6. The second kappa shape index (κ2) is 7.71. The molecule has 0 aliphatic heterocycles. The molecular formula is C17H20N2O6S. The molecule has 0 aliphatic rings. The molecule has 0 saturated carbocycles. The maximum Gasteiger partial charge on any atom is 0.330 e. The maximum absolute atomic E-state index is 12.3. The average molecular weight is 380 g/mol. The highest BCUT2D eigenvalue weighted by Gasteiger charge is 2.24. The van der Waals surface area contributed by atoms with Gasteiger partial charge in [-0.2, -0.15) is 0 Å². The van der Waals surface area contributed by atoms with Gasteiger partial charge in [0.1, 0.15) is 5.76 Å². The van der Waals surface area contributed by atoms with E-state index in [0.29, 0.717) is 5.56 Å². The quantitative estimate of drug-likeness (QED) is 0.668. The van der Waals surface area contributed by atoms with E-state index >= 15 is 0 Å². The van der Waals surface area contributed by atoms with Gasteiger partial charge in [0.05, 0.1) is 12.8 Å². The van der Waals surface area contributed by atoms with Crippen molar-refractivity contribution in [3.05, 3.63) is 58.5 Å². The van der Waals surface area contributed by atoms with E-state index in [0.717, 1.165) is 17.4 Å². The monoisotopic (exact) mass is 380 g/mol. The predicted molar refractivity (Wildman–Crippen MR) is 94.2 cm³/mol. The molecule has 1 heterocycles. The van der Waals surface area contributed by atoms with Crippen molar-refractivity contribution in [3.8, 4) is 0 Å². The van der Waals surface area contributed by atoms with Gasteiger partial charge in [-0.15, -0.1) is 0 Å². The fourth-order valence-corrected chi connectivity index (χ4v) is 2.87. The Morgan fingerprint density at radius 3 is 2.31 bits per heavy atom. The zero-order valence-electron chi connectivity index (χ0n) is 14.6. The van der Waals surface area contributed by atoms with Crippen molar-refractivity contribution in [3.63, 3.8) is 0 Å². The zero-order valence-corrected chi connectivity index (χ0v) is 15.4. The zero-order chi connectivity index (χ0) is 19.5. The fourth-order valence-electron chi connectivity index (χ4n) is 2.46. The molecule has 1 atom stereocenters. The van der Waals surface area contributed by atoms with Crippen LogP contribution in [0.5, 0.6) is 0 Å². The summed E-state index contributed by atoms with van der Waals surface area (Å²) in [6.45, 7) is 3.57. The maximum atomic E-state index is 12.3. The predicted octanol–water partition coefficient (Wildman–Crippen LogP) is 1.50. The summed E-state index contributed by atoms with van der Waals surface area (Å²) < 4.78 is 29.7. The van der Waals surface area contributed by atoms with Crippen molar-refractivity contribution in [2.24, 2.45) is 0 Å². The molecule has 0 fully saturated rings. The van der Waals surface area contributed by atoms with E-state index < -0.39 is 27.9 Å². The van der Waals surface area contributed by atoms with Gasteiger partial charge >= 0.3 is 5.97 Å². The third kappa shape index (κ3) is 5.43. The number of rotatable bonds is 7. The van der Waals surface area contributed by atoms with Crippen LogP contribution >= 0.6 is 0 Å². The average Bonchev–Trinajstić information content (AvgIpc) is 2.97. The minimum absolute atomic E-state index is 0.106. The van der Waals surface area contributed by atoms with Crippen molar-refractivity contribution < 1.29 is 27.5 Å². The molecule has 3 N–H and O–H groups in total. The summed E-state index contributed by atoms with van der Waals surface area (Å²) >= 11 is 0. The Morgan fingerprint density at radius 2 is 1.77 bits per heavy atom. The molecule has 0 spiro atoms. The molecule has 0 bridgehead atoms. The van der Waals surface area contributed by atoms with Crippen molar-refractivity contribution >= 4 is 21.9 Å². The van der Waals surface area contributed by atoms with Crippen LogP contribution in [0.4, 0.5) is 0 Å². The molecule has 26 heavy (non-hydrogen) atoms. The highest BCUT2D eigenvalue weighted by molar-refractivity contribution is 7.88. The number of amides is 1. The first-order valence-electron chi connectivity index (χ1n) is 7.70. The lowest BCUT2D eigenvalue weighted by Gasteiger charge is -2.15. The van der Waals surface area contributed by atoms with Crippen LogP contribution < -0.4 is 10.0 Å². The Labute approximate surface area is 151 Å². The number of carboxylic acids is 1. The van der Waals surface area contributed by atoms with Crippen LogP contribution in [0.1, 0.15) is 39.0 Å². The minimum Gasteiger partial charge on any atom is -0.479 e. The number of nitrogens with one attached hydrogen (secondary N) is 2. The van der Waals surface area contributed by atoms with Crippen LogP contribution in [0.3, 0.4) is 0 Å². The number of hydrogen-bond acceptors (Lipinski definition) is 5. The first kappa shape index (κ1) is 19.7. The highest BCUT2D eigenvalue weighted by atomic mass is 32.2. The molecule has 2 rings (SSSR count). The van der Waals surface area contributed by atoms with Gasteiger partial charge < -0.3 is 14.8 Å². The summed E-state index contributed by atoms with van der Waals surface area (Å²) in [4.78, 5) is 23.9. The fraction of sp³-hybridized carbons (Fsp3) is 0.294. The number of benzene rings is 1. The molecule has 0 aliphatic carbocycles. The smallest absolute Gasteiger partial charge is 0.330 e. The Balaban J connectivity index is 2.15. The van der Waals surface area contributed by atoms with E-state index in [2.05, 4.69) is 10.0 Å². The van der Waals surface area contributed by atoms with E-state index in [4.69, 9.17) is 4.42 Å². The third-order valence-electron chi connectivity index (χ3n) is 3.49. The molecule has 2 aromatic rings. The Morgan fingerprint density at radius 1 is 1.15 bits per heavy atom. The summed E-state index contributed by atoms with van der Waals surface area (Å²) in [5, 5.41) is 11.9. The topological polar surface area (TPSA) is 126 Å². The second-order valence-corrected chi connectivity index (χ2v) is 7.86. The first-order chi connectivity index (χ1) is 12.0. The number of aliphatic carboxylic acids is 1. The van der Waals surface area contributed by atoms with Gasteiger partial charge in [0, 0.05) is 0 Å². The van der Waals surface area contributed by atoms with E-state index in [1.807, 2.05) is 19.9 Å². The molecule has 0 saturated heterocycles. The van der Waals surface area contributed by atoms with E-state index in [1.165, 1.54) is 12.1 Å². The van der Waals surface area contributed by atoms with E-state index in [1.54, 1.807) is 12.1 Å². The summed E-state index contributed by atoms with van der Waals surface area (Å²) in [5.41, 5.74) is 2.22. The highest BCUT2D eigenvalue weighted by Crippen LogP contribution is 2.19. The molecule has 1 aromatic heterocycles. The number of aryl methyl sites for hydroxylation is 2. The summed E-state index contributed by atoms with van der Waals surface area (Å²) in [6, 6.07) is 6.85. The molecule has 9 heteroatoms. The lowest BCUT2D eigenvalue weighted by atomic mass is 10.0. The van der Waals surface area contributed by atoms with Crippen molar-refractivity contribution in [1.82, 2.24) is 10.0 Å². The van der Waals surface area contributed by atoms with Gasteiger partial charge in [0.15, 0.2) is 11.8 Å². The lowest BCUT2D eigenvalue weighted by Crippen LogP contribution is -2.33. The van der Waals surface area contributed by atoms with Gasteiger partial charge in [-0.3, -0.25) is 4.79 Å². The number of hydrogen-bond donors (Lipinski definition) is 3. The van der Waals surface area contributed by atoms with Crippen molar-refractivity contribution in [1.29, 1.82) is 0 Å². The van der Waals surface area contributed by atoms with Crippen LogP contribution in [0.2, 0.25) is 0 Å². The van der Waals surface area contributed by atoms with E-state index in [9.17, 15) is 23.1 Å². The van der Waals surface area contributed by atoms with Gasteiger partial charge in [-0.1, -0.05) is 29.3 Å². The molecule has 1 amide bonds. The number of furan rings is 1. The standard InChI is InChI=1S/C17H20N2O6S/c1-10-6-11(2)8-12(7-10)15(17(21)22)19-16(20)14-5-4-13(25-14)9-18-26(3,23)24/h4-8,15,18H,9H2,1-3H3,(H,19,20)(H,21,22). The molecule has 8 nitrogen and oxygen atoms in total. The van der Waals surface area contributed by atoms with Crippen LogP contribution in [0.25, 0.3) is 0 Å². The number of carboxylic acid groups (broad SMARTS) is 1. The largest absolute Gasteiger partial charge is 0.479 e. The Kier molecular flexibility index (Phi) is 5.83. The lowest BCUT2D eigenvalue weighted by molar-refractivity contribution is -0.139. The van der Waals surface area contributed by atoms with Crippen LogP contribution in [-0.2, 0) is 21.4 Å². The van der Waals surface area contributed by atoms with Crippen LogP contribution in [0, 0.1) is 13.8 Å². The number of sulfonamides is 1. The van der Waals surface area contributed by atoms with Crippen LogP contribution in [-0.4, -0.2) is 31.7 Å². The molecule has 0 radical (unpaired) electrons. The molecule has 1 aromatic carbocycles. The van der Waals surface area contributed by atoms with E-state index in [-0.39, 0.29) is 18.1 Å². The Bertz CT molecular complexity index is 912. The minimum atomic E-state index is -3.40. The van der Waals surface area contributed by atoms with Gasteiger partial charge in [0.2, 0.25) is 10.0 Å². The molecule has 1 unspecified atom stereocenters. The van der Waals surface area contributed by atoms with Gasteiger partial charge in [-0.25, -0.2) is 17.9 Å². The Hall–Kier alpha value is -2.65. The summed E-state index contributed by atoms with van der Waals surface area (Å²) in [5.74, 6) is -1.78. The van der Waals surface area contributed by atoms with Gasteiger partial charge in [0.25, 0.3) is 5.91 Å².